The monoisotopic (exact) mass is 431 g/mol. The lowest BCUT2D eigenvalue weighted by atomic mass is 10.1. The molecule has 1 aromatic rings. The minimum Gasteiger partial charge on any atom is -0.462 e. The molecule has 0 bridgehead atoms. The summed E-state index contributed by atoms with van der Waals surface area (Å²) in [5.41, 5.74) is 1.64. The van der Waals surface area contributed by atoms with E-state index in [0.717, 1.165) is 24.0 Å². The Hall–Kier alpha value is -1.31. The highest BCUT2D eigenvalue weighted by molar-refractivity contribution is 14.0. The van der Waals surface area contributed by atoms with Gasteiger partial charge in [-0.15, -0.1) is 24.0 Å². The number of halogens is 1. The lowest BCUT2D eigenvalue weighted by molar-refractivity contribution is 0.0526. The second kappa shape index (κ2) is 9.75. The van der Waals surface area contributed by atoms with Crippen LogP contribution in [0.1, 0.15) is 43.1 Å². The van der Waals surface area contributed by atoms with E-state index in [0.29, 0.717) is 24.8 Å². The number of aliphatic imine (C=N–C) groups is 1. The number of nitrogens with one attached hydrogen (secondary N) is 2. The fourth-order valence-corrected chi connectivity index (χ4v) is 2.15. The van der Waals surface area contributed by atoms with Crippen LogP contribution in [0.15, 0.2) is 29.3 Å². The Morgan fingerprint density at radius 2 is 1.96 bits per heavy atom. The zero-order chi connectivity index (χ0) is 15.9. The molecule has 0 saturated heterocycles. The van der Waals surface area contributed by atoms with Gasteiger partial charge in [0.1, 0.15) is 0 Å². The predicted molar refractivity (Wildman–Crippen MR) is 103 cm³/mol. The molecule has 0 spiro atoms. The fourth-order valence-electron chi connectivity index (χ4n) is 2.15. The van der Waals surface area contributed by atoms with Crippen LogP contribution in [0.4, 0.5) is 0 Å². The zero-order valence-corrected chi connectivity index (χ0v) is 16.3. The molecule has 1 aromatic carbocycles. The van der Waals surface area contributed by atoms with E-state index in [1.165, 1.54) is 6.42 Å². The maximum atomic E-state index is 11.6. The first-order valence-corrected chi connectivity index (χ1v) is 7.95. The maximum absolute atomic E-state index is 11.6. The Morgan fingerprint density at radius 3 is 2.48 bits per heavy atom. The zero-order valence-electron chi connectivity index (χ0n) is 14.0. The third-order valence-electron chi connectivity index (χ3n) is 3.66. The summed E-state index contributed by atoms with van der Waals surface area (Å²) in [6.07, 6.45) is 1.21. The Morgan fingerprint density at radius 1 is 1.30 bits per heavy atom. The van der Waals surface area contributed by atoms with E-state index in [1.54, 1.807) is 19.1 Å². The molecule has 1 saturated carbocycles. The average molecular weight is 431 g/mol. The van der Waals surface area contributed by atoms with Crippen LogP contribution in [0.25, 0.3) is 0 Å². The normalized spacial score (nSPS) is 19.5. The van der Waals surface area contributed by atoms with E-state index in [2.05, 4.69) is 29.5 Å². The van der Waals surface area contributed by atoms with Gasteiger partial charge in [-0.25, -0.2) is 9.79 Å². The molecule has 2 atom stereocenters. The molecule has 2 N–H and O–H groups in total. The minimum absolute atomic E-state index is 0. The van der Waals surface area contributed by atoms with Crippen LogP contribution < -0.4 is 10.6 Å². The van der Waals surface area contributed by atoms with Crippen molar-refractivity contribution in [2.24, 2.45) is 10.9 Å². The molecule has 0 aliphatic heterocycles. The van der Waals surface area contributed by atoms with Crippen molar-refractivity contribution in [3.63, 3.8) is 0 Å². The molecular formula is C17H26IN3O2. The number of hydrogen-bond donors (Lipinski definition) is 2. The molecule has 23 heavy (non-hydrogen) atoms. The van der Waals surface area contributed by atoms with Crippen molar-refractivity contribution in [3.05, 3.63) is 35.4 Å². The molecule has 2 unspecified atom stereocenters. The lowest BCUT2D eigenvalue weighted by Gasteiger charge is -2.10. The Labute approximate surface area is 155 Å². The van der Waals surface area contributed by atoms with Gasteiger partial charge < -0.3 is 15.4 Å². The number of hydrogen-bond acceptors (Lipinski definition) is 3. The first-order valence-electron chi connectivity index (χ1n) is 7.95. The van der Waals surface area contributed by atoms with Crippen molar-refractivity contribution in [1.29, 1.82) is 0 Å². The number of nitrogens with zero attached hydrogens (tertiary/aromatic N) is 1. The Bertz CT molecular complexity index is 531. The summed E-state index contributed by atoms with van der Waals surface area (Å²) in [5, 5.41) is 6.68. The van der Waals surface area contributed by atoms with Crippen LogP contribution >= 0.6 is 24.0 Å². The van der Waals surface area contributed by atoms with Crippen LogP contribution in [0.3, 0.4) is 0 Å². The van der Waals surface area contributed by atoms with Gasteiger partial charge in [-0.05, 0) is 43.9 Å². The SMILES string of the molecule is CCNC(=NCc1ccc(C(=O)OCC)cc1)NC1CC1C.I. The van der Waals surface area contributed by atoms with Crippen LogP contribution in [-0.2, 0) is 11.3 Å². The van der Waals surface area contributed by atoms with Crippen LogP contribution in [0, 0.1) is 5.92 Å². The number of ether oxygens (including phenoxy) is 1. The van der Waals surface area contributed by atoms with E-state index in [-0.39, 0.29) is 29.9 Å². The van der Waals surface area contributed by atoms with Crippen molar-refractivity contribution < 1.29 is 9.53 Å². The highest BCUT2D eigenvalue weighted by atomic mass is 127. The lowest BCUT2D eigenvalue weighted by Crippen LogP contribution is -2.39. The first-order chi connectivity index (χ1) is 10.6. The van der Waals surface area contributed by atoms with Crippen LogP contribution in [0.5, 0.6) is 0 Å². The highest BCUT2D eigenvalue weighted by Crippen LogP contribution is 2.28. The standard InChI is InChI=1S/C17H25N3O2.HI/c1-4-18-17(20-15-10-12(15)3)19-11-13-6-8-14(9-7-13)16(21)22-5-2;/h6-9,12,15H,4-5,10-11H2,1-3H3,(H2,18,19,20);1H. The molecule has 2 rings (SSSR count). The van der Waals surface area contributed by atoms with Gasteiger partial charge in [0.2, 0.25) is 0 Å². The van der Waals surface area contributed by atoms with Gasteiger partial charge in [0.25, 0.3) is 0 Å². The van der Waals surface area contributed by atoms with Crippen LogP contribution in [0.2, 0.25) is 0 Å². The van der Waals surface area contributed by atoms with Gasteiger partial charge in [-0.1, -0.05) is 19.1 Å². The van der Waals surface area contributed by atoms with Crippen molar-refractivity contribution in [2.45, 2.75) is 39.8 Å². The summed E-state index contributed by atoms with van der Waals surface area (Å²) in [5.74, 6) is 1.30. The van der Waals surface area contributed by atoms with Crippen molar-refractivity contribution in [2.75, 3.05) is 13.2 Å². The quantitative estimate of drug-likeness (QED) is 0.315. The van der Waals surface area contributed by atoms with Crippen molar-refractivity contribution >= 4 is 35.9 Å². The maximum Gasteiger partial charge on any atom is 0.338 e. The number of rotatable bonds is 6. The smallest absolute Gasteiger partial charge is 0.338 e. The topological polar surface area (TPSA) is 62.7 Å². The number of benzene rings is 1. The van der Waals surface area contributed by atoms with E-state index in [1.807, 2.05) is 12.1 Å². The van der Waals surface area contributed by atoms with Crippen molar-refractivity contribution in [3.8, 4) is 0 Å². The summed E-state index contributed by atoms with van der Waals surface area (Å²) in [4.78, 5) is 16.2. The van der Waals surface area contributed by atoms with Gasteiger partial charge >= 0.3 is 5.97 Å². The third kappa shape index (κ3) is 6.37. The fraction of sp³-hybridized carbons (Fsp3) is 0.529. The summed E-state index contributed by atoms with van der Waals surface area (Å²) in [7, 11) is 0. The molecule has 6 heteroatoms. The largest absolute Gasteiger partial charge is 0.462 e. The number of guanidine groups is 1. The van der Waals surface area contributed by atoms with Gasteiger partial charge in [-0.3, -0.25) is 0 Å². The van der Waals surface area contributed by atoms with Gasteiger partial charge in [0.15, 0.2) is 5.96 Å². The molecule has 0 aromatic heterocycles. The van der Waals surface area contributed by atoms with Crippen LogP contribution in [-0.4, -0.2) is 31.1 Å². The minimum atomic E-state index is -0.282. The molecule has 0 amide bonds. The van der Waals surface area contributed by atoms with E-state index in [9.17, 15) is 4.79 Å². The van der Waals surface area contributed by atoms with Gasteiger partial charge in [-0.2, -0.15) is 0 Å². The number of carbonyl (C=O) groups is 1. The predicted octanol–water partition coefficient (Wildman–Crippen LogP) is 2.94. The third-order valence-corrected chi connectivity index (χ3v) is 3.66. The summed E-state index contributed by atoms with van der Waals surface area (Å²) >= 11 is 0. The molecule has 0 radical (unpaired) electrons. The summed E-state index contributed by atoms with van der Waals surface area (Å²) < 4.78 is 4.97. The summed E-state index contributed by atoms with van der Waals surface area (Å²) in [6, 6.07) is 7.94. The van der Waals surface area contributed by atoms with E-state index in [4.69, 9.17) is 4.74 Å². The molecule has 128 valence electrons. The van der Waals surface area contributed by atoms with Crippen molar-refractivity contribution in [1.82, 2.24) is 10.6 Å². The van der Waals surface area contributed by atoms with E-state index >= 15 is 0 Å². The van der Waals surface area contributed by atoms with Gasteiger partial charge in [0.05, 0.1) is 18.7 Å². The first kappa shape index (κ1) is 19.7. The molecule has 1 fully saturated rings. The molecule has 5 nitrogen and oxygen atoms in total. The number of carbonyl (C=O) groups excluding carboxylic acids is 1. The Kier molecular flexibility index (Phi) is 8.36. The second-order valence-corrected chi connectivity index (χ2v) is 5.58. The Balaban J connectivity index is 0.00000264. The molecular weight excluding hydrogens is 405 g/mol. The molecule has 1 aliphatic rings. The highest BCUT2D eigenvalue weighted by Gasteiger charge is 2.33. The summed E-state index contributed by atoms with van der Waals surface area (Å²) in [6.45, 7) is 7.91. The van der Waals surface area contributed by atoms with E-state index < -0.39 is 0 Å². The molecule has 0 heterocycles. The van der Waals surface area contributed by atoms with Gasteiger partial charge in [0, 0.05) is 12.6 Å². The number of esters is 1. The second-order valence-electron chi connectivity index (χ2n) is 5.58. The average Bonchev–Trinajstić information content (AvgIpc) is 3.21. The molecule has 1 aliphatic carbocycles.